The molecule has 0 aliphatic carbocycles. The van der Waals surface area contributed by atoms with E-state index in [0.29, 0.717) is 59.3 Å². The normalized spacial score (nSPS) is 11.1. The number of hydrogen-bond acceptors (Lipinski definition) is 6. The van der Waals surface area contributed by atoms with Crippen LogP contribution in [-0.4, -0.2) is 65.4 Å². The van der Waals surface area contributed by atoms with Gasteiger partial charge < -0.3 is 23.7 Å². The van der Waals surface area contributed by atoms with Gasteiger partial charge in [-0.25, -0.2) is 0 Å². The molecule has 30 heavy (non-hydrogen) atoms. The second-order valence-corrected chi connectivity index (χ2v) is 7.60. The van der Waals surface area contributed by atoms with E-state index in [2.05, 4.69) is 13.8 Å². The maximum absolute atomic E-state index is 11.5. The molecule has 0 atom stereocenters. The first-order valence-electron chi connectivity index (χ1n) is 12.3. The lowest BCUT2D eigenvalue weighted by Gasteiger charge is -2.08. The molecule has 0 bridgehead atoms. The van der Waals surface area contributed by atoms with E-state index in [1.54, 1.807) is 0 Å². The molecule has 0 aromatic heterocycles. The van der Waals surface area contributed by atoms with Crippen LogP contribution in [0.25, 0.3) is 0 Å². The average molecular weight is 433 g/mol. The molecule has 6 nitrogen and oxygen atoms in total. The fourth-order valence-corrected chi connectivity index (χ4v) is 2.91. The summed E-state index contributed by atoms with van der Waals surface area (Å²) in [7, 11) is 0. The highest BCUT2D eigenvalue weighted by Crippen LogP contribution is 2.06. The minimum atomic E-state index is -0.126. The molecule has 0 N–H and O–H groups in total. The molecule has 6 heteroatoms. The number of carbonyl (C=O) groups excluding carboxylic acids is 1. The fourth-order valence-electron chi connectivity index (χ4n) is 2.91. The summed E-state index contributed by atoms with van der Waals surface area (Å²) in [5.41, 5.74) is 0. The summed E-state index contributed by atoms with van der Waals surface area (Å²) in [6.07, 6.45) is 13.9. The van der Waals surface area contributed by atoms with Crippen LogP contribution in [0.5, 0.6) is 0 Å². The van der Waals surface area contributed by atoms with Crippen LogP contribution in [0.1, 0.15) is 90.9 Å². The largest absolute Gasteiger partial charge is 0.463 e. The molecule has 0 heterocycles. The van der Waals surface area contributed by atoms with E-state index in [-0.39, 0.29) is 5.97 Å². The van der Waals surface area contributed by atoms with Crippen molar-refractivity contribution >= 4 is 5.97 Å². The van der Waals surface area contributed by atoms with Crippen molar-refractivity contribution in [2.45, 2.75) is 90.9 Å². The number of esters is 1. The molecule has 0 spiro atoms. The highest BCUT2D eigenvalue weighted by molar-refractivity contribution is 5.69. The number of hydrogen-bond donors (Lipinski definition) is 0. The van der Waals surface area contributed by atoms with Gasteiger partial charge in [0, 0.05) is 13.0 Å². The van der Waals surface area contributed by atoms with Crippen molar-refractivity contribution in [2.24, 2.45) is 0 Å². The molecule has 180 valence electrons. The predicted molar refractivity (Wildman–Crippen MR) is 121 cm³/mol. The second kappa shape index (κ2) is 26.3. The highest BCUT2D eigenvalue weighted by Gasteiger charge is 2.02. The van der Waals surface area contributed by atoms with Gasteiger partial charge in [-0.05, 0) is 12.8 Å². The third-order valence-corrected chi connectivity index (χ3v) is 4.73. The van der Waals surface area contributed by atoms with Gasteiger partial charge in [0.25, 0.3) is 0 Å². The Kier molecular flexibility index (Phi) is 25.7. The Bertz CT molecular complexity index is 338. The maximum Gasteiger partial charge on any atom is 0.305 e. The first kappa shape index (κ1) is 29.3. The lowest BCUT2D eigenvalue weighted by atomic mass is 10.1. The summed E-state index contributed by atoms with van der Waals surface area (Å²) in [6, 6.07) is 0. The number of rotatable bonds is 25. The Morgan fingerprint density at radius 2 is 0.867 bits per heavy atom. The van der Waals surface area contributed by atoms with Gasteiger partial charge in [0.15, 0.2) is 0 Å². The summed E-state index contributed by atoms with van der Waals surface area (Å²) >= 11 is 0. The standard InChI is InChI=1S/C24H48O6/c1-3-5-7-9-11-13-15-26-16-17-27-18-19-28-20-21-29-22-23-30-24(25)14-12-10-8-6-4-2/h3-23H2,1-2H3. The molecule has 0 unspecified atom stereocenters. The highest BCUT2D eigenvalue weighted by atomic mass is 16.6. The van der Waals surface area contributed by atoms with E-state index in [0.717, 1.165) is 25.9 Å². The molecule has 0 saturated carbocycles. The zero-order chi connectivity index (χ0) is 22.0. The first-order valence-corrected chi connectivity index (χ1v) is 12.3. The van der Waals surface area contributed by atoms with Crippen molar-refractivity contribution in [1.29, 1.82) is 0 Å². The predicted octanol–water partition coefficient (Wildman–Crippen LogP) is 5.32. The minimum absolute atomic E-state index is 0.126. The van der Waals surface area contributed by atoms with Crippen LogP contribution in [0.2, 0.25) is 0 Å². The number of ether oxygens (including phenoxy) is 5. The van der Waals surface area contributed by atoms with E-state index in [1.807, 2.05) is 0 Å². The van der Waals surface area contributed by atoms with Crippen molar-refractivity contribution in [2.75, 3.05) is 59.5 Å². The molecule has 0 rings (SSSR count). The summed E-state index contributed by atoms with van der Waals surface area (Å²) in [4.78, 5) is 11.5. The minimum Gasteiger partial charge on any atom is -0.463 e. The third kappa shape index (κ3) is 25.3. The first-order chi connectivity index (χ1) is 14.8. The Morgan fingerprint density at radius 3 is 1.40 bits per heavy atom. The Morgan fingerprint density at radius 1 is 0.467 bits per heavy atom. The maximum atomic E-state index is 11.5. The van der Waals surface area contributed by atoms with Gasteiger partial charge in [-0.15, -0.1) is 0 Å². The van der Waals surface area contributed by atoms with Crippen LogP contribution in [-0.2, 0) is 28.5 Å². The average Bonchev–Trinajstić information content (AvgIpc) is 2.75. The second-order valence-electron chi connectivity index (χ2n) is 7.60. The van der Waals surface area contributed by atoms with Crippen molar-refractivity contribution in [3.63, 3.8) is 0 Å². The number of unbranched alkanes of at least 4 members (excludes halogenated alkanes) is 9. The van der Waals surface area contributed by atoms with E-state index in [4.69, 9.17) is 23.7 Å². The Balaban J connectivity index is 3.08. The lowest BCUT2D eigenvalue weighted by molar-refractivity contribution is -0.145. The molecular formula is C24H48O6. The zero-order valence-corrected chi connectivity index (χ0v) is 19.8. The van der Waals surface area contributed by atoms with Crippen LogP contribution in [0.3, 0.4) is 0 Å². The molecule has 0 saturated heterocycles. The molecule has 0 aliphatic heterocycles. The third-order valence-electron chi connectivity index (χ3n) is 4.73. The van der Waals surface area contributed by atoms with Gasteiger partial charge in [-0.3, -0.25) is 4.79 Å². The van der Waals surface area contributed by atoms with Gasteiger partial charge in [0.1, 0.15) is 6.61 Å². The van der Waals surface area contributed by atoms with Crippen LogP contribution in [0, 0.1) is 0 Å². The monoisotopic (exact) mass is 432 g/mol. The van der Waals surface area contributed by atoms with E-state index in [1.165, 1.54) is 51.4 Å². The molecule has 0 amide bonds. The van der Waals surface area contributed by atoms with Gasteiger partial charge in [-0.2, -0.15) is 0 Å². The van der Waals surface area contributed by atoms with Gasteiger partial charge >= 0.3 is 5.97 Å². The smallest absolute Gasteiger partial charge is 0.305 e. The number of carbonyl (C=O) groups is 1. The molecule has 0 aromatic carbocycles. The van der Waals surface area contributed by atoms with Crippen LogP contribution in [0.15, 0.2) is 0 Å². The fraction of sp³-hybridized carbons (Fsp3) is 0.958. The molecule has 0 aromatic rings. The van der Waals surface area contributed by atoms with Crippen LogP contribution in [0.4, 0.5) is 0 Å². The van der Waals surface area contributed by atoms with Gasteiger partial charge in [-0.1, -0.05) is 71.6 Å². The van der Waals surface area contributed by atoms with E-state index < -0.39 is 0 Å². The quantitative estimate of drug-likeness (QED) is 0.144. The SMILES string of the molecule is CCCCCCCCOCCOCCOCCOCCOC(=O)CCCCCCC. The van der Waals surface area contributed by atoms with E-state index in [9.17, 15) is 4.79 Å². The Hall–Kier alpha value is -0.690. The van der Waals surface area contributed by atoms with Gasteiger partial charge in [0.05, 0.1) is 46.2 Å². The van der Waals surface area contributed by atoms with Gasteiger partial charge in [0.2, 0.25) is 0 Å². The van der Waals surface area contributed by atoms with Crippen LogP contribution >= 0.6 is 0 Å². The topological polar surface area (TPSA) is 63.2 Å². The molecule has 0 radical (unpaired) electrons. The van der Waals surface area contributed by atoms with Crippen LogP contribution < -0.4 is 0 Å². The molecule has 0 aliphatic rings. The summed E-state index contributed by atoms with van der Waals surface area (Å²) in [5, 5.41) is 0. The molecule has 0 fully saturated rings. The summed E-state index contributed by atoms with van der Waals surface area (Å²) in [6.45, 7) is 9.37. The lowest BCUT2D eigenvalue weighted by Crippen LogP contribution is -2.14. The Labute approximate surface area is 185 Å². The van der Waals surface area contributed by atoms with Crippen molar-refractivity contribution in [3.05, 3.63) is 0 Å². The summed E-state index contributed by atoms with van der Waals surface area (Å²) in [5.74, 6) is -0.126. The van der Waals surface area contributed by atoms with Crippen molar-refractivity contribution in [3.8, 4) is 0 Å². The summed E-state index contributed by atoms with van der Waals surface area (Å²) < 4.78 is 27.0. The van der Waals surface area contributed by atoms with Crippen molar-refractivity contribution < 1.29 is 28.5 Å². The van der Waals surface area contributed by atoms with Crippen molar-refractivity contribution in [1.82, 2.24) is 0 Å². The van der Waals surface area contributed by atoms with E-state index >= 15 is 0 Å². The molecular weight excluding hydrogens is 384 g/mol. The zero-order valence-electron chi connectivity index (χ0n) is 19.8.